The number of carbonyl (C=O) groups is 11. The predicted molar refractivity (Wildman–Crippen MR) is 277 cm³/mol. The van der Waals surface area contributed by atoms with E-state index in [0.29, 0.717) is 17.1 Å². The summed E-state index contributed by atoms with van der Waals surface area (Å²) < 4.78 is 0. The molecule has 0 bridgehead atoms. The topological polar surface area (TPSA) is 405 Å². The Balaban J connectivity index is 0.0000138. The Morgan fingerprint density at radius 1 is 0.675 bits per heavy atom. The van der Waals surface area contributed by atoms with Crippen LogP contribution in [-0.4, -0.2) is 252 Å². The summed E-state index contributed by atoms with van der Waals surface area (Å²) in [5.41, 5.74) is 2.76. The minimum Gasteiger partial charge on any atom is -0.481 e. The molecule has 5 rings (SSSR count). The second-order valence-corrected chi connectivity index (χ2v) is 19.3. The largest absolute Gasteiger partial charge is 0.481 e. The molecule has 433 valence electrons. The van der Waals surface area contributed by atoms with E-state index in [9.17, 15) is 83.4 Å². The van der Waals surface area contributed by atoms with Gasteiger partial charge in [0.15, 0.2) is 0 Å². The molecule has 3 atom stereocenters. The van der Waals surface area contributed by atoms with Crippen LogP contribution in [0.4, 0.5) is 5.69 Å². The van der Waals surface area contributed by atoms with Gasteiger partial charge in [0.05, 0.1) is 50.2 Å². The maximum atomic E-state index is 13.9. The molecule has 1 radical (unpaired) electrons. The molecule has 2 aromatic carbocycles. The molecule has 3 heterocycles. The van der Waals surface area contributed by atoms with Gasteiger partial charge in [0.25, 0.3) is 5.91 Å². The summed E-state index contributed by atoms with van der Waals surface area (Å²) >= 11 is 0. The molecule has 1 aromatic heterocycles. The first-order chi connectivity index (χ1) is 37.5. The number of carboxylic acids is 6. The van der Waals surface area contributed by atoms with Crippen molar-refractivity contribution < 1.29 is 116 Å². The number of carbonyl (C=O) groups excluding carboxylic acids is 5. The van der Waals surface area contributed by atoms with Gasteiger partial charge in [-0.2, -0.15) is 0 Å². The molecular formula is C50H68N12O17Y. The average Bonchev–Trinajstić information content (AvgIpc) is 3.81. The fourth-order valence-corrected chi connectivity index (χ4v) is 9.03. The van der Waals surface area contributed by atoms with Crippen molar-refractivity contribution in [2.45, 2.75) is 69.7 Å². The minimum atomic E-state index is -1.57. The second-order valence-electron chi connectivity index (χ2n) is 19.3. The number of nitrogens with zero attached hydrogens (tertiary/aromatic N) is 7. The van der Waals surface area contributed by atoms with Crippen molar-refractivity contribution in [1.29, 1.82) is 0 Å². The van der Waals surface area contributed by atoms with E-state index >= 15 is 0 Å². The van der Waals surface area contributed by atoms with Crippen LogP contribution in [0.5, 0.6) is 0 Å². The standard InChI is InChI=1S/C50H68N12O17.Y/c1-57(26-39-53-34-5-2-3-6-35(34)54-39)49(78)31-7-8-33-32(23-31)25-62(50(79)38(52-33)24-43(68)69)14-4-13-51-47(76)36(9-11-41(64)65)56-48(77)37(10-12-42(66)67)55-40(63)27-58-15-17-59(28-44(70)71)19-21-61(30-46(74)75)22-20-60(18-16-58)29-45(72)73;/h2-3,5-8,23,36-38,52H,4,9-22,24-30H2,1H3,(H,51,76)(H,53,54)(H,55,63)(H,56,77)(H,64,65)(H,66,67)(H,68,69)(H,70,71)(H,72,73)(H,74,75);/i;1+1. The first-order valence-electron chi connectivity index (χ1n) is 25.5. The molecule has 1 saturated heterocycles. The van der Waals surface area contributed by atoms with Gasteiger partial charge in [0.1, 0.15) is 23.9 Å². The number of aromatic amines is 1. The molecule has 29 nitrogen and oxygen atoms in total. The fourth-order valence-electron chi connectivity index (χ4n) is 9.03. The monoisotopic (exact) mass is 1200 g/mol. The molecule has 80 heavy (non-hydrogen) atoms. The summed E-state index contributed by atoms with van der Waals surface area (Å²) in [6.45, 7) is -0.987. The summed E-state index contributed by atoms with van der Waals surface area (Å²) in [6.07, 6.45) is -2.64. The van der Waals surface area contributed by atoms with Gasteiger partial charge in [-0.15, -0.1) is 0 Å². The van der Waals surface area contributed by atoms with Crippen LogP contribution in [0.25, 0.3) is 11.0 Å². The van der Waals surface area contributed by atoms with E-state index in [4.69, 9.17) is 0 Å². The number of anilines is 1. The SMILES string of the molecule is CN(Cc1nc2ccccc2[nH]1)C(=O)c1ccc2c(c1)CN(CCCNC(=O)C(CCC(=O)O)NC(=O)C(CCC(=O)O)NC(=O)CN1CCN(CC(=O)O)CCN(CC(=O)O)CCN(CC(=O)O)CC1)C(=O)C(CC(=O)O)N2.[90Y]. The van der Waals surface area contributed by atoms with E-state index < -0.39 is 129 Å². The Kier molecular flexibility index (Phi) is 26.3. The molecular weight excluding hydrogens is 1130 g/mol. The number of para-hydroxylation sites is 2. The normalized spacial score (nSPS) is 16.6. The van der Waals surface area contributed by atoms with Gasteiger partial charge in [-0.3, -0.25) is 72.3 Å². The molecule has 2 aliphatic rings. The maximum absolute atomic E-state index is 13.9. The Morgan fingerprint density at radius 2 is 1.20 bits per heavy atom. The van der Waals surface area contributed by atoms with Gasteiger partial charge in [0.2, 0.25) is 23.6 Å². The zero-order valence-electron chi connectivity index (χ0n) is 44.2. The number of nitrogens with one attached hydrogen (secondary N) is 5. The van der Waals surface area contributed by atoms with E-state index in [1.807, 2.05) is 24.3 Å². The van der Waals surface area contributed by atoms with Crippen LogP contribution in [0.1, 0.15) is 60.3 Å². The summed E-state index contributed by atoms with van der Waals surface area (Å²) in [4.78, 5) is 156. The van der Waals surface area contributed by atoms with Crippen molar-refractivity contribution in [2.75, 3.05) is 104 Å². The molecule has 0 spiro atoms. The van der Waals surface area contributed by atoms with Crippen LogP contribution in [0.3, 0.4) is 0 Å². The van der Waals surface area contributed by atoms with Gasteiger partial charge in [-0.05, 0) is 55.2 Å². The van der Waals surface area contributed by atoms with Crippen LogP contribution >= 0.6 is 0 Å². The molecule has 1 fully saturated rings. The Hall–Kier alpha value is -7.18. The average molecular weight is 1200 g/mol. The van der Waals surface area contributed by atoms with E-state index in [2.05, 4.69) is 31.2 Å². The fraction of sp³-hybridized carbons (Fsp3) is 0.520. The molecule has 5 amide bonds. The van der Waals surface area contributed by atoms with Crippen molar-refractivity contribution in [3.63, 3.8) is 0 Å². The van der Waals surface area contributed by atoms with Crippen molar-refractivity contribution >= 4 is 82.1 Å². The van der Waals surface area contributed by atoms with E-state index in [1.165, 1.54) is 9.80 Å². The van der Waals surface area contributed by atoms with Gasteiger partial charge in [-0.25, -0.2) is 4.98 Å². The van der Waals surface area contributed by atoms with Crippen LogP contribution in [0.2, 0.25) is 0 Å². The Morgan fingerprint density at radius 3 is 1.71 bits per heavy atom. The van der Waals surface area contributed by atoms with Crippen molar-refractivity contribution in [3.8, 4) is 0 Å². The number of aliphatic carboxylic acids is 6. The molecule has 30 heteroatoms. The smallest absolute Gasteiger partial charge is 0.317 e. The number of rotatable bonds is 27. The third-order valence-electron chi connectivity index (χ3n) is 13.1. The van der Waals surface area contributed by atoms with E-state index in [-0.39, 0.29) is 136 Å². The Labute approximate surface area is 484 Å². The van der Waals surface area contributed by atoms with E-state index in [0.717, 1.165) is 11.0 Å². The van der Waals surface area contributed by atoms with Crippen LogP contribution < -0.4 is 21.3 Å². The predicted octanol–water partition coefficient (Wildman–Crippen LogP) is -1.89. The summed E-state index contributed by atoms with van der Waals surface area (Å²) in [7, 11) is 1.61. The number of imidazole rings is 1. The number of hydrogen-bond acceptors (Lipinski definition) is 17. The van der Waals surface area contributed by atoms with Gasteiger partial charge in [-0.1, -0.05) is 12.1 Å². The first kappa shape index (κ1) is 65.3. The zero-order valence-corrected chi connectivity index (χ0v) is 47.1. The molecule has 0 aliphatic carbocycles. The summed E-state index contributed by atoms with van der Waals surface area (Å²) in [6, 6.07) is 7.86. The second kappa shape index (κ2) is 32.2. The maximum Gasteiger partial charge on any atom is 0.317 e. The molecule has 2 aliphatic heterocycles. The third-order valence-corrected chi connectivity index (χ3v) is 13.1. The number of aromatic nitrogens is 2. The quantitative estimate of drug-likeness (QED) is 0.0372. The van der Waals surface area contributed by atoms with Crippen LogP contribution in [0.15, 0.2) is 42.5 Å². The number of amides is 5. The minimum absolute atomic E-state index is 0. The van der Waals surface area contributed by atoms with Gasteiger partial charge >= 0.3 is 35.8 Å². The molecule has 0 saturated carbocycles. The summed E-state index contributed by atoms with van der Waals surface area (Å²) in [5.74, 6) is -10.4. The number of hydrogen-bond donors (Lipinski definition) is 11. The third kappa shape index (κ3) is 21.8. The Bertz CT molecular complexity index is 2650. The van der Waals surface area contributed by atoms with Crippen LogP contribution in [-0.2, 0) is 93.7 Å². The van der Waals surface area contributed by atoms with Crippen molar-refractivity contribution in [1.82, 2.24) is 55.3 Å². The first-order valence-corrected chi connectivity index (χ1v) is 25.5. The zero-order chi connectivity index (χ0) is 57.8. The van der Waals surface area contributed by atoms with Crippen molar-refractivity contribution in [3.05, 3.63) is 59.4 Å². The van der Waals surface area contributed by atoms with Crippen LogP contribution in [0, 0.1) is 0 Å². The number of carboxylic acid groups (broad SMARTS) is 6. The molecule has 3 unspecified atom stereocenters. The number of benzene rings is 2. The number of fused-ring (bicyclic) bond motifs is 2. The van der Waals surface area contributed by atoms with E-state index in [1.54, 1.807) is 44.8 Å². The van der Waals surface area contributed by atoms with Gasteiger partial charge in [0, 0.05) is 136 Å². The summed E-state index contributed by atoms with van der Waals surface area (Å²) in [5, 5.41) is 67.8. The number of H-pyrrole nitrogens is 1. The molecule has 3 aromatic rings. The van der Waals surface area contributed by atoms with Crippen molar-refractivity contribution in [2.24, 2.45) is 0 Å². The van der Waals surface area contributed by atoms with Gasteiger partial charge < -0.3 is 66.7 Å². The molecule has 11 N–H and O–H groups in total.